The standard InChI is InChI=1S/C24H27N7O2/c1-2-8-26-21-20-15(13-25)14-27-22(20)30-24(29-21)28-19-7-6-18(16-4-3-5-17(16)19)23(32)31-9-11-33-12-10-31/h6-7,14H,2-5,8-12H2,1H3,(H3,26,27,28,29,30). The topological polar surface area (TPSA) is 119 Å². The first-order chi connectivity index (χ1) is 16.2. The fourth-order valence-corrected chi connectivity index (χ4v) is 4.63. The van der Waals surface area contributed by atoms with E-state index >= 15 is 0 Å². The molecule has 0 saturated carbocycles. The molecule has 2 aliphatic rings. The minimum atomic E-state index is 0.0853. The second-order valence-corrected chi connectivity index (χ2v) is 8.36. The van der Waals surface area contributed by atoms with Crippen LogP contribution in [0.5, 0.6) is 0 Å². The number of nitriles is 1. The Balaban J connectivity index is 1.48. The Morgan fingerprint density at radius 3 is 2.85 bits per heavy atom. The van der Waals surface area contributed by atoms with Gasteiger partial charge in [-0.25, -0.2) is 0 Å². The molecule has 170 valence electrons. The number of aromatic nitrogens is 3. The summed E-state index contributed by atoms with van der Waals surface area (Å²) < 4.78 is 5.39. The van der Waals surface area contributed by atoms with Crippen molar-refractivity contribution in [3.8, 4) is 6.07 Å². The quantitative estimate of drug-likeness (QED) is 0.532. The lowest BCUT2D eigenvalue weighted by Gasteiger charge is -2.28. The molecular formula is C24H27N7O2. The van der Waals surface area contributed by atoms with E-state index in [4.69, 9.17) is 4.74 Å². The van der Waals surface area contributed by atoms with Gasteiger partial charge >= 0.3 is 0 Å². The minimum Gasteiger partial charge on any atom is -0.378 e. The summed E-state index contributed by atoms with van der Waals surface area (Å²) >= 11 is 0. The Bertz CT molecular complexity index is 1240. The van der Waals surface area contributed by atoms with Crippen molar-refractivity contribution in [1.82, 2.24) is 19.9 Å². The van der Waals surface area contributed by atoms with Gasteiger partial charge in [-0.3, -0.25) is 4.79 Å². The predicted molar refractivity (Wildman–Crippen MR) is 126 cm³/mol. The maximum atomic E-state index is 13.1. The number of hydrogen-bond acceptors (Lipinski definition) is 7. The number of aromatic amines is 1. The van der Waals surface area contributed by atoms with Gasteiger partial charge in [-0.05, 0) is 48.9 Å². The third kappa shape index (κ3) is 3.98. The molecule has 9 heteroatoms. The van der Waals surface area contributed by atoms with Gasteiger partial charge < -0.3 is 25.3 Å². The molecule has 0 unspecified atom stereocenters. The second kappa shape index (κ2) is 9.08. The van der Waals surface area contributed by atoms with Crippen molar-refractivity contribution >= 4 is 34.4 Å². The summed E-state index contributed by atoms with van der Waals surface area (Å²) in [6.45, 7) is 5.28. The van der Waals surface area contributed by atoms with Crippen LogP contribution in [0.3, 0.4) is 0 Å². The Hall–Kier alpha value is -3.64. The van der Waals surface area contributed by atoms with Gasteiger partial charge in [-0.2, -0.15) is 15.2 Å². The fourth-order valence-electron chi connectivity index (χ4n) is 4.63. The predicted octanol–water partition coefficient (Wildman–Crippen LogP) is 3.36. The van der Waals surface area contributed by atoms with Gasteiger partial charge in [0.1, 0.15) is 17.5 Å². The monoisotopic (exact) mass is 445 g/mol. The van der Waals surface area contributed by atoms with E-state index < -0.39 is 0 Å². The maximum absolute atomic E-state index is 13.1. The second-order valence-electron chi connectivity index (χ2n) is 8.36. The molecule has 1 saturated heterocycles. The zero-order chi connectivity index (χ0) is 22.8. The summed E-state index contributed by atoms with van der Waals surface area (Å²) in [7, 11) is 0. The van der Waals surface area contributed by atoms with E-state index in [1.165, 1.54) is 0 Å². The highest BCUT2D eigenvalue weighted by atomic mass is 16.5. The number of hydrogen-bond donors (Lipinski definition) is 3. The minimum absolute atomic E-state index is 0.0853. The van der Waals surface area contributed by atoms with Crippen LogP contribution in [0.25, 0.3) is 11.0 Å². The Kier molecular flexibility index (Phi) is 5.84. The molecule has 9 nitrogen and oxygen atoms in total. The first kappa shape index (κ1) is 21.2. The molecular weight excluding hydrogens is 418 g/mol. The van der Waals surface area contributed by atoms with Crippen molar-refractivity contribution in [2.75, 3.05) is 43.5 Å². The number of fused-ring (bicyclic) bond motifs is 2. The van der Waals surface area contributed by atoms with Crippen molar-refractivity contribution in [3.63, 3.8) is 0 Å². The van der Waals surface area contributed by atoms with E-state index in [9.17, 15) is 10.1 Å². The average Bonchev–Trinajstić information content (AvgIpc) is 3.50. The summed E-state index contributed by atoms with van der Waals surface area (Å²) in [6.07, 6.45) is 5.41. The molecule has 1 aliphatic carbocycles. The number of morpholine rings is 1. The van der Waals surface area contributed by atoms with E-state index in [1.807, 2.05) is 17.0 Å². The lowest BCUT2D eigenvalue weighted by atomic mass is 10.00. The molecule has 3 aromatic rings. The number of rotatable bonds is 6. The molecule has 1 amide bonds. The van der Waals surface area contributed by atoms with Crippen molar-refractivity contribution in [1.29, 1.82) is 5.26 Å². The fraction of sp³-hybridized carbons (Fsp3) is 0.417. The molecule has 3 heterocycles. The molecule has 1 fully saturated rings. The van der Waals surface area contributed by atoms with Gasteiger partial charge in [0.05, 0.1) is 24.2 Å². The van der Waals surface area contributed by atoms with Gasteiger partial charge in [0.25, 0.3) is 5.91 Å². The molecule has 33 heavy (non-hydrogen) atoms. The van der Waals surface area contributed by atoms with Crippen LogP contribution in [-0.4, -0.2) is 58.6 Å². The van der Waals surface area contributed by atoms with E-state index in [0.717, 1.165) is 54.6 Å². The van der Waals surface area contributed by atoms with Crippen molar-refractivity contribution in [2.45, 2.75) is 32.6 Å². The van der Waals surface area contributed by atoms with Crippen molar-refractivity contribution < 1.29 is 9.53 Å². The SMILES string of the molecule is CCCNc1nc(Nc2ccc(C(=O)N3CCOCC3)c3c2CCC3)nc2[nH]cc(C#N)c12. The zero-order valence-corrected chi connectivity index (χ0v) is 18.7. The largest absolute Gasteiger partial charge is 0.378 e. The highest BCUT2D eigenvalue weighted by molar-refractivity contribution is 5.97. The zero-order valence-electron chi connectivity index (χ0n) is 18.7. The Labute approximate surface area is 192 Å². The number of ether oxygens (including phenoxy) is 1. The van der Waals surface area contributed by atoms with Crippen LogP contribution in [0, 0.1) is 11.3 Å². The van der Waals surface area contributed by atoms with E-state index in [-0.39, 0.29) is 5.91 Å². The van der Waals surface area contributed by atoms with E-state index in [0.29, 0.717) is 54.7 Å². The third-order valence-corrected chi connectivity index (χ3v) is 6.25. The number of H-pyrrole nitrogens is 1. The van der Waals surface area contributed by atoms with Crippen LogP contribution in [0.2, 0.25) is 0 Å². The summed E-state index contributed by atoms with van der Waals surface area (Å²) in [5.41, 5.74) is 5.12. The van der Waals surface area contributed by atoms with Crippen LogP contribution in [0.1, 0.15) is 46.8 Å². The van der Waals surface area contributed by atoms with Gasteiger partial charge in [-0.1, -0.05) is 6.92 Å². The van der Waals surface area contributed by atoms with E-state index in [1.54, 1.807) is 6.20 Å². The van der Waals surface area contributed by atoms with Crippen molar-refractivity contribution in [2.24, 2.45) is 0 Å². The number of nitrogens with one attached hydrogen (secondary N) is 3. The highest BCUT2D eigenvalue weighted by Gasteiger charge is 2.26. The first-order valence-electron chi connectivity index (χ1n) is 11.5. The van der Waals surface area contributed by atoms with Gasteiger partial charge in [0.2, 0.25) is 5.95 Å². The smallest absolute Gasteiger partial charge is 0.254 e. The number of carbonyl (C=O) groups is 1. The number of amides is 1. The molecule has 3 N–H and O–H groups in total. The number of benzene rings is 1. The number of nitrogens with zero attached hydrogens (tertiary/aromatic N) is 4. The highest BCUT2D eigenvalue weighted by Crippen LogP contribution is 2.34. The third-order valence-electron chi connectivity index (χ3n) is 6.25. The molecule has 0 atom stereocenters. The molecule has 0 spiro atoms. The lowest BCUT2D eigenvalue weighted by Crippen LogP contribution is -2.41. The summed E-state index contributed by atoms with van der Waals surface area (Å²) in [5, 5.41) is 16.8. The summed E-state index contributed by atoms with van der Waals surface area (Å²) in [5.74, 6) is 1.17. The summed E-state index contributed by atoms with van der Waals surface area (Å²) in [6, 6.07) is 6.07. The molecule has 5 rings (SSSR count). The van der Waals surface area contributed by atoms with Crippen LogP contribution in [0.4, 0.5) is 17.5 Å². The van der Waals surface area contributed by atoms with Crippen LogP contribution in [-0.2, 0) is 17.6 Å². The molecule has 0 radical (unpaired) electrons. The number of anilines is 3. The first-order valence-corrected chi connectivity index (χ1v) is 11.5. The van der Waals surface area contributed by atoms with E-state index in [2.05, 4.69) is 38.6 Å². The van der Waals surface area contributed by atoms with Crippen LogP contribution in [0.15, 0.2) is 18.3 Å². The number of carbonyl (C=O) groups excluding carboxylic acids is 1. The average molecular weight is 446 g/mol. The maximum Gasteiger partial charge on any atom is 0.254 e. The lowest BCUT2D eigenvalue weighted by molar-refractivity contribution is 0.0302. The summed E-state index contributed by atoms with van der Waals surface area (Å²) in [4.78, 5) is 27.4. The van der Waals surface area contributed by atoms with Crippen LogP contribution < -0.4 is 10.6 Å². The van der Waals surface area contributed by atoms with Gasteiger partial charge in [-0.15, -0.1) is 0 Å². The van der Waals surface area contributed by atoms with Crippen LogP contribution >= 0.6 is 0 Å². The molecule has 1 aromatic carbocycles. The molecule has 0 bridgehead atoms. The molecule has 2 aromatic heterocycles. The van der Waals surface area contributed by atoms with Gasteiger partial charge in [0, 0.05) is 37.1 Å². The Morgan fingerprint density at radius 1 is 1.24 bits per heavy atom. The molecule has 1 aliphatic heterocycles. The van der Waals surface area contributed by atoms with Gasteiger partial charge in [0.15, 0.2) is 0 Å². The van der Waals surface area contributed by atoms with Crippen molar-refractivity contribution in [3.05, 3.63) is 40.6 Å². The normalized spacial score (nSPS) is 15.3. The Morgan fingerprint density at radius 2 is 2.06 bits per heavy atom.